The van der Waals surface area contributed by atoms with Crippen LogP contribution >= 0.6 is 0 Å². The number of aryl methyl sites for hydroxylation is 2. The van der Waals surface area contributed by atoms with E-state index < -0.39 is 0 Å². The van der Waals surface area contributed by atoms with Gasteiger partial charge < -0.3 is 4.90 Å². The van der Waals surface area contributed by atoms with Gasteiger partial charge in [0.2, 0.25) is 5.91 Å². The molecule has 2 aromatic carbocycles. The summed E-state index contributed by atoms with van der Waals surface area (Å²) in [7, 11) is 0. The molecule has 146 valence electrons. The molecule has 0 radical (unpaired) electrons. The van der Waals surface area contributed by atoms with E-state index in [9.17, 15) is 4.79 Å². The minimum Gasteiger partial charge on any atom is -0.334 e. The number of benzene rings is 2. The summed E-state index contributed by atoms with van der Waals surface area (Å²) in [4.78, 5) is 15.0. The molecule has 0 unspecified atom stereocenters. The third kappa shape index (κ3) is 3.35. The van der Waals surface area contributed by atoms with Gasteiger partial charge in [-0.05, 0) is 54.3 Å². The summed E-state index contributed by atoms with van der Waals surface area (Å²) in [6.45, 7) is 5.22. The molecule has 2 aromatic heterocycles. The van der Waals surface area contributed by atoms with E-state index in [1.165, 1.54) is 5.56 Å². The number of tetrazole rings is 1. The van der Waals surface area contributed by atoms with E-state index in [2.05, 4.69) is 71.8 Å². The number of hydrogen-bond acceptors (Lipinski definition) is 4. The highest BCUT2D eigenvalue weighted by Crippen LogP contribution is 2.33. The Morgan fingerprint density at radius 3 is 2.66 bits per heavy atom. The van der Waals surface area contributed by atoms with Gasteiger partial charge in [0.15, 0.2) is 5.65 Å². The van der Waals surface area contributed by atoms with E-state index in [4.69, 9.17) is 0 Å². The Hall–Kier alpha value is -3.28. The lowest BCUT2D eigenvalue weighted by molar-refractivity contribution is -0.133. The number of pyridine rings is 1. The van der Waals surface area contributed by atoms with Crippen molar-refractivity contribution in [2.45, 2.75) is 39.8 Å². The van der Waals surface area contributed by atoms with E-state index >= 15 is 0 Å². The SMILES string of the molecule is Cc1ccc(CN(Cc2cc3cccc(C)c3n3nnnc23)C(=O)C2CC2)cc1. The van der Waals surface area contributed by atoms with Gasteiger partial charge in [0.1, 0.15) is 0 Å². The predicted octanol–water partition coefficient (Wildman–Crippen LogP) is 3.83. The molecule has 0 N–H and O–H groups in total. The lowest BCUT2D eigenvalue weighted by Gasteiger charge is -2.23. The maximum Gasteiger partial charge on any atom is 0.226 e. The first kappa shape index (κ1) is 17.8. The molecule has 5 rings (SSSR count). The van der Waals surface area contributed by atoms with Crippen LogP contribution in [0.2, 0.25) is 0 Å². The summed E-state index contributed by atoms with van der Waals surface area (Å²) in [5.74, 6) is 0.385. The average molecular weight is 385 g/mol. The first-order valence-corrected chi connectivity index (χ1v) is 10.0. The predicted molar refractivity (Wildman–Crippen MR) is 111 cm³/mol. The number of amides is 1. The molecule has 1 aliphatic carbocycles. The van der Waals surface area contributed by atoms with Crippen LogP contribution in [0, 0.1) is 19.8 Å². The number of hydrogen-bond donors (Lipinski definition) is 0. The number of para-hydroxylation sites is 1. The van der Waals surface area contributed by atoms with Gasteiger partial charge in [0.25, 0.3) is 0 Å². The van der Waals surface area contributed by atoms with E-state index in [1.807, 2.05) is 11.0 Å². The molecule has 1 fully saturated rings. The molecule has 4 aromatic rings. The second-order valence-corrected chi connectivity index (χ2v) is 8.05. The number of nitrogens with zero attached hydrogens (tertiary/aromatic N) is 5. The molecule has 0 aliphatic heterocycles. The number of rotatable bonds is 5. The highest BCUT2D eigenvalue weighted by molar-refractivity contribution is 5.86. The zero-order valence-electron chi connectivity index (χ0n) is 16.7. The van der Waals surface area contributed by atoms with Gasteiger partial charge in [-0.3, -0.25) is 4.79 Å². The van der Waals surface area contributed by atoms with Crippen molar-refractivity contribution in [1.29, 1.82) is 0 Å². The Kier molecular flexibility index (Phi) is 4.27. The summed E-state index contributed by atoms with van der Waals surface area (Å²) < 4.78 is 1.80. The van der Waals surface area contributed by atoms with E-state index in [-0.39, 0.29) is 11.8 Å². The fraction of sp³-hybridized carbons (Fsp3) is 0.304. The molecule has 1 saturated carbocycles. The van der Waals surface area contributed by atoms with Crippen LogP contribution in [0.4, 0.5) is 0 Å². The summed E-state index contributed by atoms with van der Waals surface area (Å²) in [6.07, 6.45) is 1.98. The number of carbonyl (C=O) groups excluding carboxylic acids is 1. The Morgan fingerprint density at radius 2 is 1.90 bits per heavy atom. The molecular formula is C23H23N5O. The number of carbonyl (C=O) groups is 1. The minimum atomic E-state index is 0.162. The molecule has 0 saturated heterocycles. The lowest BCUT2D eigenvalue weighted by Crippen LogP contribution is -2.31. The van der Waals surface area contributed by atoms with Crippen molar-refractivity contribution in [2.24, 2.45) is 5.92 Å². The normalized spacial score (nSPS) is 13.9. The van der Waals surface area contributed by atoms with Gasteiger partial charge in [0, 0.05) is 30.0 Å². The molecule has 6 nitrogen and oxygen atoms in total. The van der Waals surface area contributed by atoms with Gasteiger partial charge in [0.05, 0.1) is 5.52 Å². The summed E-state index contributed by atoms with van der Waals surface area (Å²) in [5.41, 5.74) is 6.16. The van der Waals surface area contributed by atoms with E-state index in [0.29, 0.717) is 18.7 Å². The molecule has 2 heterocycles. The fourth-order valence-electron chi connectivity index (χ4n) is 3.91. The average Bonchev–Trinajstić information content (AvgIpc) is 3.45. The number of aromatic nitrogens is 4. The maximum atomic E-state index is 13.0. The summed E-state index contributed by atoms with van der Waals surface area (Å²) in [5, 5.41) is 13.5. The monoisotopic (exact) mass is 385 g/mol. The molecule has 0 atom stereocenters. The molecule has 1 amide bonds. The van der Waals surface area contributed by atoms with E-state index in [1.54, 1.807) is 4.52 Å². The molecule has 0 spiro atoms. The van der Waals surface area contributed by atoms with Gasteiger partial charge in [-0.25, -0.2) is 0 Å². The third-order valence-corrected chi connectivity index (χ3v) is 5.66. The van der Waals surface area contributed by atoms with Crippen molar-refractivity contribution in [3.05, 3.63) is 70.8 Å². The number of fused-ring (bicyclic) bond motifs is 3. The quantitative estimate of drug-likeness (QED) is 0.524. The third-order valence-electron chi connectivity index (χ3n) is 5.66. The van der Waals surface area contributed by atoms with Crippen molar-refractivity contribution in [2.75, 3.05) is 0 Å². The van der Waals surface area contributed by atoms with Crippen molar-refractivity contribution in [3.63, 3.8) is 0 Å². The van der Waals surface area contributed by atoms with Crippen LogP contribution in [0.1, 0.15) is 35.1 Å². The van der Waals surface area contributed by atoms with Crippen molar-refractivity contribution < 1.29 is 4.79 Å². The van der Waals surface area contributed by atoms with Crippen LogP contribution in [-0.2, 0) is 17.9 Å². The van der Waals surface area contributed by atoms with Crippen molar-refractivity contribution in [1.82, 2.24) is 24.9 Å². The van der Waals surface area contributed by atoms with Crippen molar-refractivity contribution in [3.8, 4) is 0 Å². The Labute approximate surface area is 169 Å². The Morgan fingerprint density at radius 1 is 1.10 bits per heavy atom. The summed E-state index contributed by atoms with van der Waals surface area (Å²) in [6, 6.07) is 16.7. The zero-order chi connectivity index (χ0) is 20.0. The maximum absolute atomic E-state index is 13.0. The van der Waals surface area contributed by atoms with Gasteiger partial charge in [-0.2, -0.15) is 4.52 Å². The largest absolute Gasteiger partial charge is 0.334 e. The van der Waals surface area contributed by atoms with E-state index in [0.717, 1.165) is 40.4 Å². The molecular weight excluding hydrogens is 362 g/mol. The standard InChI is InChI=1S/C23H23N5O/c1-15-6-8-17(9-7-15)13-27(23(29)18-10-11-18)14-20-12-19-5-3-4-16(2)21(19)28-22(20)24-25-26-28/h3-9,12,18H,10-11,13-14H2,1-2H3. The zero-order valence-corrected chi connectivity index (χ0v) is 16.7. The van der Waals surface area contributed by atoms with Crippen LogP contribution in [0.5, 0.6) is 0 Å². The van der Waals surface area contributed by atoms with Crippen LogP contribution < -0.4 is 0 Å². The topological polar surface area (TPSA) is 63.4 Å². The summed E-state index contributed by atoms with van der Waals surface area (Å²) >= 11 is 0. The van der Waals surface area contributed by atoms with Crippen molar-refractivity contribution >= 4 is 22.5 Å². The smallest absolute Gasteiger partial charge is 0.226 e. The Bertz CT molecular complexity index is 1210. The second kappa shape index (κ2) is 6.95. The van der Waals surface area contributed by atoms with Crippen LogP contribution in [0.25, 0.3) is 16.6 Å². The second-order valence-electron chi connectivity index (χ2n) is 8.05. The van der Waals surface area contributed by atoms with Crippen LogP contribution in [0.15, 0.2) is 48.5 Å². The van der Waals surface area contributed by atoms with Gasteiger partial charge >= 0.3 is 0 Å². The van der Waals surface area contributed by atoms with Gasteiger partial charge in [-0.1, -0.05) is 48.0 Å². The Balaban J connectivity index is 1.55. The highest BCUT2D eigenvalue weighted by Gasteiger charge is 2.33. The minimum absolute atomic E-state index is 0.162. The fourth-order valence-corrected chi connectivity index (χ4v) is 3.91. The lowest BCUT2D eigenvalue weighted by atomic mass is 10.1. The first-order chi connectivity index (χ1) is 14.1. The highest BCUT2D eigenvalue weighted by atomic mass is 16.2. The van der Waals surface area contributed by atoms with Crippen LogP contribution in [-0.4, -0.2) is 30.8 Å². The molecule has 1 aliphatic rings. The molecule has 0 bridgehead atoms. The van der Waals surface area contributed by atoms with Crippen LogP contribution in [0.3, 0.4) is 0 Å². The first-order valence-electron chi connectivity index (χ1n) is 10.0. The molecule has 29 heavy (non-hydrogen) atoms. The van der Waals surface area contributed by atoms with Gasteiger partial charge in [-0.15, -0.1) is 5.10 Å². The molecule has 6 heteroatoms.